The van der Waals surface area contributed by atoms with E-state index in [0.29, 0.717) is 18.2 Å². The smallest absolute Gasteiger partial charge is 0.165 e. The Kier molecular flexibility index (Phi) is 13.2. The molecule has 7 heteroatoms. The lowest BCUT2D eigenvalue weighted by molar-refractivity contribution is 0.0699. The first-order valence-corrected chi connectivity index (χ1v) is 13.4. The van der Waals surface area contributed by atoms with Crippen LogP contribution in [0.2, 0.25) is 0 Å². The van der Waals surface area contributed by atoms with Gasteiger partial charge in [-0.05, 0) is 55.9 Å². The second kappa shape index (κ2) is 15.9. The summed E-state index contributed by atoms with van der Waals surface area (Å²) in [5.74, 6) is 1.16. The highest BCUT2D eigenvalue weighted by Gasteiger charge is 2.19. The largest absolute Gasteiger partial charge is 0.381 e. The molecule has 2 aliphatic heterocycles. The number of rotatable bonds is 10. The SMILES string of the molecule is CC.CCCCC(CCC)N=C1C=C(c2ccc(F)c(NCC3CCOCC3)n2)C(Cl)C=CN1. The van der Waals surface area contributed by atoms with Gasteiger partial charge in [-0.3, -0.25) is 4.99 Å². The summed E-state index contributed by atoms with van der Waals surface area (Å²) in [5.41, 5.74) is 1.47. The van der Waals surface area contributed by atoms with Gasteiger partial charge >= 0.3 is 0 Å². The van der Waals surface area contributed by atoms with Crippen LogP contribution in [-0.2, 0) is 4.74 Å². The van der Waals surface area contributed by atoms with E-state index in [2.05, 4.69) is 29.5 Å². The van der Waals surface area contributed by atoms with Crippen molar-refractivity contribution < 1.29 is 9.13 Å². The number of allylic oxidation sites excluding steroid dienone is 2. The third kappa shape index (κ3) is 9.03. The number of amidine groups is 1. The zero-order valence-corrected chi connectivity index (χ0v) is 22.0. The van der Waals surface area contributed by atoms with E-state index in [1.165, 1.54) is 6.07 Å². The van der Waals surface area contributed by atoms with Gasteiger partial charge in [-0.25, -0.2) is 9.37 Å². The van der Waals surface area contributed by atoms with Crippen molar-refractivity contribution in [3.05, 3.63) is 42.0 Å². The second-order valence-corrected chi connectivity index (χ2v) is 9.04. The van der Waals surface area contributed by atoms with Crippen LogP contribution in [0.15, 0.2) is 35.5 Å². The molecule has 0 bridgehead atoms. The number of hydrogen-bond acceptors (Lipinski definition) is 4. The van der Waals surface area contributed by atoms with E-state index >= 15 is 0 Å². The maximum absolute atomic E-state index is 14.5. The Morgan fingerprint density at radius 1 is 1.21 bits per heavy atom. The summed E-state index contributed by atoms with van der Waals surface area (Å²) < 4.78 is 19.9. The molecule has 2 atom stereocenters. The monoisotopic (exact) mass is 492 g/mol. The number of alkyl halides is 1. The fraction of sp³-hybridized carbons (Fsp3) is 0.630. The fourth-order valence-electron chi connectivity index (χ4n) is 4.04. The standard InChI is InChI=1S/C25H36ClFN4O.C2H6/c1-3-5-7-19(6-4-2)30-24-16-20(21(26)10-13-28-24)23-9-8-22(27)25(31-23)29-17-18-11-14-32-15-12-18;1-2/h8-10,13,16,18-19,21H,3-7,11-12,14-15,17H2,1-2H3,(H,28,30)(H,29,31);1-2H3. The van der Waals surface area contributed by atoms with Crippen molar-refractivity contribution in [1.82, 2.24) is 10.3 Å². The minimum Gasteiger partial charge on any atom is -0.381 e. The van der Waals surface area contributed by atoms with Crippen LogP contribution in [0.4, 0.5) is 10.2 Å². The van der Waals surface area contributed by atoms with Crippen molar-refractivity contribution in [1.29, 1.82) is 0 Å². The number of ether oxygens (including phenoxy) is 1. The molecule has 0 saturated carbocycles. The lowest BCUT2D eigenvalue weighted by Gasteiger charge is -2.22. The van der Waals surface area contributed by atoms with Gasteiger partial charge in [0.2, 0.25) is 0 Å². The Balaban J connectivity index is 0.00000199. The van der Waals surface area contributed by atoms with Gasteiger partial charge in [0.05, 0.1) is 17.1 Å². The van der Waals surface area contributed by atoms with Crippen LogP contribution in [-0.4, -0.2) is 42.0 Å². The molecule has 190 valence electrons. The summed E-state index contributed by atoms with van der Waals surface area (Å²) in [7, 11) is 0. The highest BCUT2D eigenvalue weighted by molar-refractivity contribution is 6.29. The third-order valence-electron chi connectivity index (χ3n) is 5.96. The van der Waals surface area contributed by atoms with Crippen LogP contribution in [0, 0.1) is 11.7 Å². The summed E-state index contributed by atoms with van der Waals surface area (Å²) >= 11 is 6.64. The molecule has 3 heterocycles. The molecule has 1 aromatic heterocycles. The molecule has 0 aliphatic carbocycles. The highest BCUT2D eigenvalue weighted by Crippen LogP contribution is 2.26. The Morgan fingerprint density at radius 2 is 1.97 bits per heavy atom. The molecule has 2 aliphatic rings. The molecular formula is C27H42ClFN4O. The molecular weight excluding hydrogens is 451 g/mol. The maximum Gasteiger partial charge on any atom is 0.165 e. The normalized spacial score (nSPS) is 20.6. The number of halogens is 2. The predicted octanol–water partition coefficient (Wildman–Crippen LogP) is 6.95. The van der Waals surface area contributed by atoms with Gasteiger partial charge in [0.25, 0.3) is 0 Å². The van der Waals surface area contributed by atoms with Crippen LogP contribution in [0.25, 0.3) is 5.57 Å². The van der Waals surface area contributed by atoms with Gasteiger partial charge in [-0.1, -0.05) is 47.0 Å². The third-order valence-corrected chi connectivity index (χ3v) is 6.34. The first-order chi connectivity index (χ1) is 16.6. The summed E-state index contributed by atoms with van der Waals surface area (Å²) in [5, 5.41) is 6.07. The molecule has 2 unspecified atom stereocenters. The van der Waals surface area contributed by atoms with Crippen LogP contribution >= 0.6 is 11.6 Å². The molecule has 0 aromatic carbocycles. The Morgan fingerprint density at radius 3 is 2.68 bits per heavy atom. The first kappa shape index (κ1) is 28.3. The molecule has 1 aromatic rings. The van der Waals surface area contributed by atoms with Crippen molar-refractivity contribution >= 4 is 28.8 Å². The maximum atomic E-state index is 14.5. The zero-order chi connectivity index (χ0) is 24.8. The van der Waals surface area contributed by atoms with Crippen LogP contribution in [0.3, 0.4) is 0 Å². The van der Waals surface area contributed by atoms with E-state index in [9.17, 15) is 4.39 Å². The molecule has 0 amide bonds. The highest BCUT2D eigenvalue weighted by atomic mass is 35.5. The molecule has 0 radical (unpaired) electrons. The molecule has 1 saturated heterocycles. The number of anilines is 1. The van der Waals surface area contributed by atoms with Crippen LogP contribution in [0.1, 0.15) is 78.3 Å². The number of aromatic nitrogens is 1. The lowest BCUT2D eigenvalue weighted by Crippen LogP contribution is -2.23. The van der Waals surface area contributed by atoms with Gasteiger partial charge in [0.15, 0.2) is 11.6 Å². The average molecular weight is 493 g/mol. The predicted molar refractivity (Wildman–Crippen MR) is 143 cm³/mol. The lowest BCUT2D eigenvalue weighted by atomic mass is 10.0. The number of aliphatic imine (C=N–C) groups is 1. The second-order valence-electron chi connectivity index (χ2n) is 8.57. The molecule has 2 N–H and O–H groups in total. The van der Waals surface area contributed by atoms with Crippen LogP contribution < -0.4 is 10.6 Å². The van der Waals surface area contributed by atoms with Crippen molar-refractivity contribution in [3.8, 4) is 0 Å². The molecule has 1 fully saturated rings. The summed E-state index contributed by atoms with van der Waals surface area (Å²) in [6.07, 6.45) is 13.2. The number of nitrogens with zero attached hydrogens (tertiary/aromatic N) is 2. The van der Waals surface area contributed by atoms with Gasteiger partial charge < -0.3 is 15.4 Å². The van der Waals surface area contributed by atoms with E-state index < -0.39 is 0 Å². The van der Waals surface area contributed by atoms with E-state index in [1.807, 2.05) is 32.2 Å². The molecule has 0 spiro atoms. The average Bonchev–Trinajstić information content (AvgIpc) is 3.05. The Hall–Kier alpha value is -1.92. The van der Waals surface area contributed by atoms with Crippen LogP contribution in [0.5, 0.6) is 0 Å². The van der Waals surface area contributed by atoms with Crippen molar-refractivity contribution in [2.75, 3.05) is 25.1 Å². The minimum atomic E-state index is -0.378. The molecule has 3 rings (SSSR count). The first-order valence-electron chi connectivity index (χ1n) is 13.0. The topological polar surface area (TPSA) is 58.5 Å². The van der Waals surface area contributed by atoms with Gasteiger partial charge in [0.1, 0.15) is 5.84 Å². The van der Waals surface area contributed by atoms with Crippen molar-refractivity contribution in [2.45, 2.75) is 84.1 Å². The molecule has 5 nitrogen and oxygen atoms in total. The van der Waals surface area contributed by atoms with Crippen molar-refractivity contribution in [2.24, 2.45) is 10.9 Å². The number of nitrogens with one attached hydrogen (secondary N) is 2. The van der Waals surface area contributed by atoms with E-state index in [4.69, 9.17) is 21.3 Å². The number of pyridine rings is 1. The minimum absolute atomic E-state index is 0.269. The summed E-state index contributed by atoms with van der Waals surface area (Å²) in [6.45, 7) is 10.6. The van der Waals surface area contributed by atoms with Crippen molar-refractivity contribution in [3.63, 3.8) is 0 Å². The number of hydrogen-bond donors (Lipinski definition) is 2. The Labute approximate surface area is 210 Å². The Bertz CT molecular complexity index is 821. The quantitative estimate of drug-likeness (QED) is 0.347. The fourth-order valence-corrected chi connectivity index (χ4v) is 4.29. The van der Waals surface area contributed by atoms with Gasteiger partial charge in [-0.15, -0.1) is 11.6 Å². The molecule has 34 heavy (non-hydrogen) atoms. The van der Waals surface area contributed by atoms with E-state index in [1.54, 1.807) is 6.07 Å². The summed E-state index contributed by atoms with van der Waals surface area (Å²) in [4.78, 5) is 9.55. The van der Waals surface area contributed by atoms with Gasteiger partial charge in [-0.2, -0.15) is 0 Å². The van der Waals surface area contributed by atoms with E-state index in [0.717, 1.165) is 69.6 Å². The number of unbranched alkanes of at least 4 members (excludes halogenated alkanes) is 1. The zero-order valence-electron chi connectivity index (χ0n) is 21.2. The van der Waals surface area contributed by atoms with Gasteiger partial charge in [0, 0.05) is 31.5 Å². The van der Waals surface area contributed by atoms with E-state index in [-0.39, 0.29) is 23.1 Å². The summed E-state index contributed by atoms with van der Waals surface area (Å²) in [6, 6.07) is 3.42.